The van der Waals surface area contributed by atoms with Crippen molar-refractivity contribution < 1.29 is 0 Å². The summed E-state index contributed by atoms with van der Waals surface area (Å²) >= 11 is 1.79. The SMILES string of the molecule is CCNC(=NCC1CCN(Cc2csc(CC)n2)CC1)NCCCn1nc(C)cc1C.I. The second-order valence-electron chi connectivity index (χ2n) is 8.46. The maximum atomic E-state index is 4.87. The molecule has 0 unspecified atom stereocenters. The lowest BCUT2D eigenvalue weighted by atomic mass is 9.97. The third-order valence-corrected chi connectivity index (χ3v) is 6.83. The van der Waals surface area contributed by atoms with Crippen molar-refractivity contribution in [1.29, 1.82) is 0 Å². The number of thiazole rings is 1. The van der Waals surface area contributed by atoms with Crippen molar-refractivity contribution in [3.8, 4) is 0 Å². The van der Waals surface area contributed by atoms with Gasteiger partial charge >= 0.3 is 0 Å². The van der Waals surface area contributed by atoms with Gasteiger partial charge in [-0.05, 0) is 71.5 Å². The first-order valence-electron chi connectivity index (χ1n) is 11.8. The molecule has 0 amide bonds. The minimum absolute atomic E-state index is 0. The highest BCUT2D eigenvalue weighted by molar-refractivity contribution is 14.0. The van der Waals surface area contributed by atoms with E-state index in [2.05, 4.69) is 57.5 Å². The van der Waals surface area contributed by atoms with E-state index in [1.165, 1.54) is 29.2 Å². The maximum Gasteiger partial charge on any atom is 0.191 e. The van der Waals surface area contributed by atoms with Crippen LogP contribution < -0.4 is 10.6 Å². The third-order valence-electron chi connectivity index (χ3n) is 5.79. The highest BCUT2D eigenvalue weighted by atomic mass is 127. The number of aromatic nitrogens is 3. The Morgan fingerprint density at radius 1 is 1.22 bits per heavy atom. The molecule has 1 aliphatic heterocycles. The van der Waals surface area contributed by atoms with Crippen molar-refractivity contribution in [2.24, 2.45) is 10.9 Å². The Morgan fingerprint density at radius 3 is 2.62 bits per heavy atom. The number of aliphatic imine (C=N–C) groups is 1. The van der Waals surface area contributed by atoms with E-state index in [1.807, 2.05) is 6.92 Å². The van der Waals surface area contributed by atoms with E-state index in [-0.39, 0.29) is 24.0 Å². The molecule has 3 rings (SSSR count). The van der Waals surface area contributed by atoms with Crippen LogP contribution in [-0.2, 0) is 19.5 Å². The van der Waals surface area contributed by atoms with Gasteiger partial charge in [0.15, 0.2) is 5.96 Å². The number of nitrogens with zero attached hydrogens (tertiary/aromatic N) is 5. The zero-order chi connectivity index (χ0) is 22.1. The van der Waals surface area contributed by atoms with Crippen LogP contribution in [0.4, 0.5) is 0 Å². The lowest BCUT2D eigenvalue weighted by molar-refractivity contribution is 0.179. The molecule has 7 nitrogen and oxygen atoms in total. The number of nitrogens with one attached hydrogen (secondary N) is 2. The van der Waals surface area contributed by atoms with Gasteiger partial charge in [-0.25, -0.2) is 4.98 Å². The minimum Gasteiger partial charge on any atom is -0.357 e. The molecule has 1 aliphatic rings. The van der Waals surface area contributed by atoms with Crippen LogP contribution in [0.5, 0.6) is 0 Å². The topological polar surface area (TPSA) is 70.4 Å². The average molecular weight is 574 g/mol. The molecule has 3 heterocycles. The number of hydrogen-bond acceptors (Lipinski definition) is 5. The zero-order valence-corrected chi connectivity index (χ0v) is 23.2. The molecule has 1 fully saturated rings. The Bertz CT molecular complexity index is 824. The summed E-state index contributed by atoms with van der Waals surface area (Å²) in [4.78, 5) is 12.1. The summed E-state index contributed by atoms with van der Waals surface area (Å²) in [6.45, 7) is 15.3. The van der Waals surface area contributed by atoms with Gasteiger partial charge in [-0.1, -0.05) is 6.92 Å². The number of guanidine groups is 1. The molecule has 32 heavy (non-hydrogen) atoms. The van der Waals surface area contributed by atoms with E-state index in [4.69, 9.17) is 9.98 Å². The van der Waals surface area contributed by atoms with Gasteiger partial charge in [0, 0.05) is 43.8 Å². The van der Waals surface area contributed by atoms with E-state index < -0.39 is 0 Å². The number of rotatable bonds is 10. The highest BCUT2D eigenvalue weighted by Crippen LogP contribution is 2.20. The van der Waals surface area contributed by atoms with Gasteiger partial charge < -0.3 is 10.6 Å². The summed E-state index contributed by atoms with van der Waals surface area (Å²) in [5.74, 6) is 1.61. The van der Waals surface area contributed by atoms with Crippen molar-refractivity contribution in [3.63, 3.8) is 0 Å². The van der Waals surface area contributed by atoms with Crippen molar-refractivity contribution in [2.45, 2.75) is 66.5 Å². The van der Waals surface area contributed by atoms with Crippen LogP contribution in [-0.4, -0.2) is 58.3 Å². The van der Waals surface area contributed by atoms with Crippen LogP contribution in [0.15, 0.2) is 16.4 Å². The Morgan fingerprint density at radius 2 is 2.00 bits per heavy atom. The smallest absolute Gasteiger partial charge is 0.191 e. The summed E-state index contributed by atoms with van der Waals surface area (Å²) in [5.41, 5.74) is 3.55. The van der Waals surface area contributed by atoms with Crippen molar-refractivity contribution in [2.75, 3.05) is 32.7 Å². The van der Waals surface area contributed by atoms with E-state index in [0.717, 1.165) is 70.3 Å². The van der Waals surface area contributed by atoms with Crippen LogP contribution in [0.1, 0.15) is 55.2 Å². The third kappa shape index (κ3) is 8.62. The zero-order valence-electron chi connectivity index (χ0n) is 20.1. The molecule has 2 N–H and O–H groups in total. The van der Waals surface area contributed by atoms with E-state index >= 15 is 0 Å². The predicted octanol–water partition coefficient (Wildman–Crippen LogP) is 3.99. The highest BCUT2D eigenvalue weighted by Gasteiger charge is 2.20. The van der Waals surface area contributed by atoms with Gasteiger partial charge in [-0.15, -0.1) is 35.3 Å². The number of aryl methyl sites for hydroxylation is 4. The Hall–Kier alpha value is -1.20. The summed E-state index contributed by atoms with van der Waals surface area (Å²) in [5, 5.41) is 14.9. The summed E-state index contributed by atoms with van der Waals surface area (Å²) < 4.78 is 2.09. The molecule has 9 heteroatoms. The molecule has 2 aromatic heterocycles. The van der Waals surface area contributed by atoms with Crippen LogP contribution in [0.3, 0.4) is 0 Å². The maximum absolute atomic E-state index is 4.87. The van der Waals surface area contributed by atoms with Crippen LogP contribution in [0, 0.1) is 19.8 Å². The van der Waals surface area contributed by atoms with Gasteiger partial charge in [-0.3, -0.25) is 14.6 Å². The Labute approximate surface area is 214 Å². The molecule has 0 bridgehead atoms. The van der Waals surface area contributed by atoms with E-state index in [0.29, 0.717) is 5.92 Å². The Kier molecular flexibility index (Phi) is 12.0. The largest absolute Gasteiger partial charge is 0.357 e. The quantitative estimate of drug-likeness (QED) is 0.195. The normalized spacial score (nSPS) is 15.6. The molecule has 0 spiro atoms. The standard InChI is InChI=1S/C23H39N7S.HI/c1-5-22-27-21(17-31-22)16-29-12-8-20(9-13-29)15-26-23(24-6-2)25-10-7-11-30-19(4)14-18(3)28-30;/h14,17,20H,5-13,15-16H2,1-4H3,(H2,24,25,26);1H. The number of hydrogen-bond donors (Lipinski definition) is 2. The predicted molar refractivity (Wildman–Crippen MR) is 145 cm³/mol. The van der Waals surface area contributed by atoms with Gasteiger partial charge in [-0.2, -0.15) is 5.10 Å². The fourth-order valence-corrected chi connectivity index (χ4v) is 4.78. The lowest BCUT2D eigenvalue weighted by Gasteiger charge is -2.30. The summed E-state index contributed by atoms with van der Waals surface area (Å²) in [7, 11) is 0. The molecule has 0 aromatic carbocycles. The van der Waals surface area contributed by atoms with Gasteiger partial charge in [0.25, 0.3) is 0 Å². The van der Waals surface area contributed by atoms with Crippen molar-refractivity contribution in [1.82, 2.24) is 30.3 Å². The average Bonchev–Trinajstić information content (AvgIpc) is 3.35. The molecule has 0 radical (unpaired) electrons. The fourth-order valence-electron chi connectivity index (χ4n) is 4.04. The van der Waals surface area contributed by atoms with E-state index in [9.17, 15) is 0 Å². The second kappa shape index (κ2) is 14.1. The fraction of sp³-hybridized carbons (Fsp3) is 0.696. The first-order valence-corrected chi connectivity index (χ1v) is 12.6. The van der Waals surface area contributed by atoms with Crippen LogP contribution in [0.25, 0.3) is 0 Å². The van der Waals surface area contributed by atoms with Crippen molar-refractivity contribution >= 4 is 41.3 Å². The molecular formula is C23H40IN7S. The van der Waals surface area contributed by atoms with Crippen LogP contribution in [0.2, 0.25) is 0 Å². The first-order chi connectivity index (χ1) is 15.1. The summed E-state index contributed by atoms with van der Waals surface area (Å²) in [6.07, 6.45) is 4.49. The number of likely N-dealkylation sites (tertiary alicyclic amines) is 1. The monoisotopic (exact) mass is 573 g/mol. The molecule has 0 saturated carbocycles. The number of piperidine rings is 1. The summed E-state index contributed by atoms with van der Waals surface area (Å²) in [6, 6.07) is 2.13. The van der Waals surface area contributed by atoms with Gasteiger partial charge in [0.2, 0.25) is 0 Å². The molecule has 180 valence electrons. The first kappa shape index (κ1) is 27.0. The molecule has 1 saturated heterocycles. The van der Waals surface area contributed by atoms with Crippen molar-refractivity contribution in [3.05, 3.63) is 33.5 Å². The number of halogens is 1. The molecule has 0 aliphatic carbocycles. The Balaban J connectivity index is 0.00000363. The van der Waals surface area contributed by atoms with Crippen LogP contribution >= 0.6 is 35.3 Å². The minimum atomic E-state index is 0. The molecule has 2 aromatic rings. The molecular weight excluding hydrogens is 533 g/mol. The van der Waals surface area contributed by atoms with Gasteiger partial charge in [0.05, 0.1) is 16.4 Å². The van der Waals surface area contributed by atoms with Gasteiger partial charge in [0.1, 0.15) is 0 Å². The second-order valence-corrected chi connectivity index (χ2v) is 9.40. The molecule has 0 atom stereocenters. The van der Waals surface area contributed by atoms with E-state index in [1.54, 1.807) is 11.3 Å². The lowest BCUT2D eigenvalue weighted by Crippen LogP contribution is -2.39.